The van der Waals surface area contributed by atoms with Crippen molar-refractivity contribution in [2.45, 2.75) is 26.9 Å². The van der Waals surface area contributed by atoms with E-state index in [1.54, 1.807) is 6.21 Å². The van der Waals surface area contributed by atoms with Gasteiger partial charge >= 0.3 is 0 Å². The molecule has 0 aliphatic carbocycles. The van der Waals surface area contributed by atoms with Gasteiger partial charge in [0.2, 0.25) is 5.91 Å². The van der Waals surface area contributed by atoms with E-state index in [0.717, 1.165) is 29.6 Å². The number of ether oxygens (including phenoxy) is 1. The van der Waals surface area contributed by atoms with Crippen molar-refractivity contribution < 1.29 is 9.53 Å². The Hall–Kier alpha value is -1.94. The fourth-order valence-electron chi connectivity index (χ4n) is 2.84. The van der Waals surface area contributed by atoms with E-state index in [2.05, 4.69) is 62.6 Å². The second-order valence-electron chi connectivity index (χ2n) is 6.98. The van der Waals surface area contributed by atoms with Crippen molar-refractivity contribution in [3.8, 4) is 5.75 Å². The molecule has 4 nitrogen and oxygen atoms in total. The number of carbonyl (C=O) groups excluding carboxylic acids is 1. The van der Waals surface area contributed by atoms with Gasteiger partial charge in [0, 0.05) is 0 Å². The zero-order chi connectivity index (χ0) is 21.5. The number of nitrogens with zero attached hydrogens (tertiary/aromatic N) is 1. The molecule has 1 N–H and O–H groups in total. The van der Waals surface area contributed by atoms with Crippen molar-refractivity contribution in [3.05, 3.63) is 95.6 Å². The third kappa shape index (κ3) is 6.53. The second kappa shape index (κ2) is 10.9. The fraction of sp³-hybridized carbons (Fsp3) is 0.167. The lowest BCUT2D eigenvalue weighted by Gasteiger charge is -2.11. The van der Waals surface area contributed by atoms with Crippen LogP contribution in [-0.4, -0.2) is 12.1 Å². The number of nitrogens with one attached hydrogen (secondary N) is 1. The molecule has 0 radical (unpaired) electrons. The Morgan fingerprint density at radius 1 is 0.967 bits per heavy atom. The summed E-state index contributed by atoms with van der Waals surface area (Å²) in [5, 5.41) is 4.11. The van der Waals surface area contributed by atoms with Gasteiger partial charge in [-0.05, 0) is 99.0 Å². The second-order valence-corrected chi connectivity index (χ2v) is 9.30. The van der Waals surface area contributed by atoms with E-state index in [-0.39, 0.29) is 5.91 Å². The Labute approximate surface area is 204 Å². The molecule has 0 unspecified atom stereocenters. The molecule has 0 heterocycles. The molecule has 0 atom stereocenters. The number of amides is 1. The van der Waals surface area contributed by atoms with Gasteiger partial charge in [0.05, 0.1) is 19.8 Å². The third-order valence-corrected chi connectivity index (χ3v) is 6.19. The van der Waals surface area contributed by atoms with Crippen LogP contribution in [-0.2, 0) is 17.8 Å². The number of hydrogen-bond acceptors (Lipinski definition) is 3. The fourth-order valence-corrected chi connectivity index (χ4v) is 4.97. The van der Waals surface area contributed by atoms with E-state index in [4.69, 9.17) is 4.74 Å². The minimum absolute atomic E-state index is 0.137. The quantitative estimate of drug-likeness (QED) is 0.206. The maximum Gasteiger partial charge on any atom is 0.244 e. The topological polar surface area (TPSA) is 50.7 Å². The van der Waals surface area contributed by atoms with Gasteiger partial charge in [-0.3, -0.25) is 4.79 Å². The summed E-state index contributed by atoms with van der Waals surface area (Å²) in [6.07, 6.45) is 1.96. The Morgan fingerprint density at radius 2 is 1.67 bits per heavy atom. The highest BCUT2D eigenvalue weighted by atomic mass is 127. The molecular formula is C24H22I2N2O2. The molecule has 0 bridgehead atoms. The summed E-state index contributed by atoms with van der Waals surface area (Å²) in [6, 6.07) is 20.1. The van der Waals surface area contributed by atoms with Crippen molar-refractivity contribution >= 4 is 57.3 Å². The number of benzene rings is 3. The van der Waals surface area contributed by atoms with Gasteiger partial charge < -0.3 is 4.74 Å². The van der Waals surface area contributed by atoms with Crippen LogP contribution in [0.25, 0.3) is 0 Å². The Morgan fingerprint density at radius 3 is 2.33 bits per heavy atom. The van der Waals surface area contributed by atoms with Gasteiger partial charge in [0.1, 0.15) is 12.4 Å². The number of rotatable bonds is 7. The van der Waals surface area contributed by atoms with E-state index in [9.17, 15) is 4.79 Å². The van der Waals surface area contributed by atoms with Gasteiger partial charge in [0.25, 0.3) is 0 Å². The Kier molecular flexibility index (Phi) is 8.26. The average Bonchev–Trinajstić information content (AvgIpc) is 2.71. The summed E-state index contributed by atoms with van der Waals surface area (Å²) in [6.45, 7) is 4.63. The summed E-state index contributed by atoms with van der Waals surface area (Å²) < 4.78 is 8.00. The average molecular weight is 624 g/mol. The first-order valence-corrected chi connectivity index (χ1v) is 11.6. The van der Waals surface area contributed by atoms with Crippen molar-refractivity contribution in [1.29, 1.82) is 0 Å². The lowest BCUT2D eigenvalue weighted by molar-refractivity contribution is -0.120. The van der Waals surface area contributed by atoms with Gasteiger partial charge in [-0.1, -0.05) is 48.5 Å². The monoisotopic (exact) mass is 624 g/mol. The summed E-state index contributed by atoms with van der Waals surface area (Å²) in [4.78, 5) is 12.2. The first-order chi connectivity index (χ1) is 14.4. The summed E-state index contributed by atoms with van der Waals surface area (Å²) >= 11 is 4.52. The predicted molar refractivity (Wildman–Crippen MR) is 138 cm³/mol. The summed E-state index contributed by atoms with van der Waals surface area (Å²) in [5.41, 5.74) is 8.02. The van der Waals surface area contributed by atoms with Crippen LogP contribution >= 0.6 is 45.2 Å². The van der Waals surface area contributed by atoms with Crippen LogP contribution in [0.1, 0.15) is 27.8 Å². The number of halogens is 2. The summed E-state index contributed by atoms with van der Waals surface area (Å²) in [7, 11) is 0. The highest BCUT2D eigenvalue weighted by molar-refractivity contribution is 14.1. The van der Waals surface area contributed by atoms with Crippen molar-refractivity contribution in [2.75, 3.05) is 0 Å². The molecular weight excluding hydrogens is 602 g/mol. The van der Waals surface area contributed by atoms with Crippen LogP contribution in [0, 0.1) is 21.0 Å². The van der Waals surface area contributed by atoms with Gasteiger partial charge in [0.15, 0.2) is 0 Å². The number of hydrazone groups is 1. The lowest BCUT2D eigenvalue weighted by Crippen LogP contribution is -2.19. The molecule has 0 aliphatic heterocycles. The van der Waals surface area contributed by atoms with Crippen LogP contribution in [0.3, 0.4) is 0 Å². The standard InChI is InChI=1S/C24H22I2N2O2/c1-16-8-9-19(10-17(16)2)13-23(29)28-27-14-20-11-21(25)24(22(26)12-20)30-15-18-6-4-3-5-7-18/h3-12,14H,13,15H2,1-2H3,(H,28,29)/b27-14-. The smallest absolute Gasteiger partial charge is 0.244 e. The van der Waals surface area contributed by atoms with Crippen molar-refractivity contribution in [1.82, 2.24) is 5.43 Å². The largest absolute Gasteiger partial charge is 0.487 e. The van der Waals surface area contributed by atoms with Crippen LogP contribution in [0.2, 0.25) is 0 Å². The summed E-state index contributed by atoms with van der Waals surface area (Å²) in [5.74, 6) is 0.720. The lowest BCUT2D eigenvalue weighted by atomic mass is 10.0. The van der Waals surface area contributed by atoms with E-state index in [1.165, 1.54) is 11.1 Å². The van der Waals surface area contributed by atoms with Crippen molar-refractivity contribution in [2.24, 2.45) is 5.10 Å². The predicted octanol–water partition coefficient (Wildman–Crippen LogP) is 5.78. The molecule has 0 aromatic heterocycles. The maximum atomic E-state index is 12.2. The maximum absolute atomic E-state index is 12.2. The van der Waals surface area contributed by atoms with E-state index in [0.29, 0.717) is 13.0 Å². The van der Waals surface area contributed by atoms with Gasteiger partial charge in [-0.2, -0.15) is 5.10 Å². The van der Waals surface area contributed by atoms with Crippen LogP contribution in [0.4, 0.5) is 0 Å². The molecule has 30 heavy (non-hydrogen) atoms. The van der Waals surface area contributed by atoms with Crippen molar-refractivity contribution in [3.63, 3.8) is 0 Å². The SMILES string of the molecule is Cc1ccc(CC(=O)N/N=C\c2cc(I)c(OCc3ccccc3)c(I)c2)cc1C. The molecule has 6 heteroatoms. The first kappa shape index (κ1) is 22.7. The first-order valence-electron chi connectivity index (χ1n) is 9.46. The normalized spacial score (nSPS) is 10.9. The molecule has 0 saturated heterocycles. The molecule has 0 saturated carbocycles. The molecule has 3 aromatic carbocycles. The Bertz CT molecular complexity index is 1040. The Balaban J connectivity index is 1.58. The van der Waals surface area contributed by atoms with Crippen LogP contribution < -0.4 is 10.2 Å². The minimum atomic E-state index is -0.137. The molecule has 3 aromatic rings. The highest BCUT2D eigenvalue weighted by Gasteiger charge is 2.09. The van der Waals surface area contributed by atoms with E-state index >= 15 is 0 Å². The zero-order valence-electron chi connectivity index (χ0n) is 16.8. The van der Waals surface area contributed by atoms with Crippen LogP contribution in [0.5, 0.6) is 5.75 Å². The molecule has 0 aliphatic rings. The molecule has 0 spiro atoms. The van der Waals surface area contributed by atoms with Crippen LogP contribution in [0.15, 0.2) is 65.8 Å². The minimum Gasteiger partial charge on any atom is -0.487 e. The van der Waals surface area contributed by atoms with E-state index < -0.39 is 0 Å². The molecule has 154 valence electrons. The van der Waals surface area contributed by atoms with Gasteiger partial charge in [-0.25, -0.2) is 5.43 Å². The highest BCUT2D eigenvalue weighted by Crippen LogP contribution is 2.29. The van der Waals surface area contributed by atoms with Gasteiger partial charge in [-0.15, -0.1) is 0 Å². The third-order valence-electron chi connectivity index (χ3n) is 4.59. The van der Waals surface area contributed by atoms with E-state index in [1.807, 2.05) is 67.6 Å². The number of carbonyl (C=O) groups is 1. The number of aryl methyl sites for hydroxylation is 2. The molecule has 1 amide bonds. The number of hydrogen-bond donors (Lipinski definition) is 1. The molecule has 0 fully saturated rings. The zero-order valence-corrected chi connectivity index (χ0v) is 21.1. The molecule has 3 rings (SSSR count).